The Labute approximate surface area is 161 Å². The van der Waals surface area contributed by atoms with Crippen LogP contribution in [0, 0.1) is 11.2 Å². The quantitative estimate of drug-likeness (QED) is 0.719. The summed E-state index contributed by atoms with van der Waals surface area (Å²) in [6.45, 7) is 4.56. The van der Waals surface area contributed by atoms with Crippen LogP contribution in [0.5, 0.6) is 0 Å². The molecule has 7 heteroatoms. The molecular weight excluding hydrogens is 367 g/mol. The number of carboxylic acids is 1. The van der Waals surface area contributed by atoms with Crippen LogP contribution in [0.4, 0.5) is 9.39 Å². The van der Waals surface area contributed by atoms with E-state index in [4.69, 9.17) is 0 Å². The molecule has 0 unspecified atom stereocenters. The van der Waals surface area contributed by atoms with E-state index in [2.05, 4.69) is 24.5 Å². The Morgan fingerprint density at radius 1 is 1.30 bits per heavy atom. The number of rotatable bonds is 5. The molecule has 1 aliphatic rings. The number of halogens is 1. The van der Waals surface area contributed by atoms with Crippen molar-refractivity contribution < 1.29 is 19.1 Å². The van der Waals surface area contributed by atoms with Crippen molar-refractivity contribution in [2.24, 2.45) is 5.41 Å². The molecule has 0 atom stereocenters. The van der Waals surface area contributed by atoms with Crippen LogP contribution in [0.3, 0.4) is 0 Å². The molecule has 27 heavy (non-hydrogen) atoms. The van der Waals surface area contributed by atoms with Crippen molar-refractivity contribution in [2.75, 3.05) is 12.4 Å². The number of carbonyl (C=O) groups excluding carboxylic acids is 1. The van der Waals surface area contributed by atoms with Gasteiger partial charge in [-0.15, -0.1) is 11.3 Å². The Bertz CT molecular complexity index is 905. The number of anilines is 1. The van der Waals surface area contributed by atoms with Gasteiger partial charge in [0, 0.05) is 11.4 Å². The molecule has 1 aromatic carbocycles. The summed E-state index contributed by atoms with van der Waals surface area (Å²) in [5.74, 6) is -2.32. The predicted octanol–water partition coefficient (Wildman–Crippen LogP) is 4.07. The van der Waals surface area contributed by atoms with Gasteiger partial charge in [0.2, 0.25) is 0 Å². The van der Waals surface area contributed by atoms with Crippen LogP contribution in [0.2, 0.25) is 0 Å². The topological polar surface area (TPSA) is 78.4 Å². The summed E-state index contributed by atoms with van der Waals surface area (Å²) in [4.78, 5) is 25.7. The number of benzene rings is 1. The molecule has 1 heterocycles. The van der Waals surface area contributed by atoms with Crippen LogP contribution in [-0.4, -0.2) is 24.0 Å². The van der Waals surface area contributed by atoms with Crippen molar-refractivity contribution >= 4 is 28.2 Å². The number of carboxylic acid groups (broad SMARTS) is 1. The minimum absolute atomic E-state index is 0.0189. The van der Waals surface area contributed by atoms with E-state index >= 15 is 0 Å². The van der Waals surface area contributed by atoms with Crippen LogP contribution >= 0.6 is 11.3 Å². The van der Waals surface area contributed by atoms with Gasteiger partial charge in [-0.1, -0.05) is 26.0 Å². The number of aromatic carboxylic acids is 1. The lowest BCUT2D eigenvalue weighted by molar-refractivity contribution is 0.0696. The van der Waals surface area contributed by atoms with Crippen molar-refractivity contribution in [1.29, 1.82) is 0 Å². The van der Waals surface area contributed by atoms with Gasteiger partial charge in [0.1, 0.15) is 10.8 Å². The number of fused-ring (bicyclic) bond motifs is 1. The summed E-state index contributed by atoms with van der Waals surface area (Å²) >= 11 is 1.29. The third kappa shape index (κ3) is 3.89. The van der Waals surface area contributed by atoms with Gasteiger partial charge in [0.15, 0.2) is 0 Å². The van der Waals surface area contributed by atoms with E-state index in [9.17, 15) is 19.1 Å². The molecule has 0 saturated carbocycles. The van der Waals surface area contributed by atoms with Crippen molar-refractivity contribution in [3.05, 3.63) is 51.1 Å². The van der Waals surface area contributed by atoms with Crippen LogP contribution in [0.1, 0.15) is 57.0 Å². The molecule has 0 fully saturated rings. The first-order chi connectivity index (χ1) is 12.7. The normalized spacial score (nSPS) is 15.3. The van der Waals surface area contributed by atoms with Gasteiger partial charge in [-0.2, -0.15) is 0 Å². The zero-order chi connectivity index (χ0) is 19.8. The highest BCUT2D eigenvalue weighted by molar-refractivity contribution is 7.17. The molecule has 0 radical (unpaired) electrons. The van der Waals surface area contributed by atoms with Gasteiger partial charge in [0.05, 0.1) is 11.1 Å². The maximum atomic E-state index is 14.3. The van der Waals surface area contributed by atoms with Gasteiger partial charge in [-0.3, -0.25) is 4.79 Å². The second-order valence-electron chi connectivity index (χ2n) is 7.61. The second-order valence-corrected chi connectivity index (χ2v) is 8.72. The van der Waals surface area contributed by atoms with E-state index in [1.165, 1.54) is 17.4 Å². The Kier molecular flexibility index (Phi) is 5.35. The van der Waals surface area contributed by atoms with E-state index in [1.807, 2.05) is 0 Å². The highest BCUT2D eigenvalue weighted by Gasteiger charge is 2.33. The summed E-state index contributed by atoms with van der Waals surface area (Å²) in [5.41, 5.74) is 1.42. The molecule has 144 valence electrons. The van der Waals surface area contributed by atoms with Gasteiger partial charge in [-0.25, -0.2) is 9.18 Å². The van der Waals surface area contributed by atoms with E-state index in [1.54, 1.807) is 19.2 Å². The fraction of sp³-hybridized carbons (Fsp3) is 0.400. The van der Waals surface area contributed by atoms with Crippen molar-refractivity contribution in [1.82, 2.24) is 5.32 Å². The molecule has 0 aliphatic heterocycles. The first-order valence-corrected chi connectivity index (χ1v) is 9.66. The van der Waals surface area contributed by atoms with Crippen molar-refractivity contribution in [2.45, 2.75) is 39.7 Å². The molecule has 0 saturated heterocycles. The molecule has 1 amide bonds. The first-order valence-electron chi connectivity index (χ1n) is 8.84. The fourth-order valence-electron chi connectivity index (χ4n) is 3.56. The molecule has 3 rings (SSSR count). The fourth-order valence-corrected chi connectivity index (χ4v) is 4.76. The zero-order valence-corrected chi connectivity index (χ0v) is 16.4. The Morgan fingerprint density at radius 2 is 2.04 bits per heavy atom. The summed E-state index contributed by atoms with van der Waals surface area (Å²) in [5, 5.41) is 15.6. The average Bonchev–Trinajstić information content (AvgIpc) is 2.91. The van der Waals surface area contributed by atoms with Crippen molar-refractivity contribution in [3.63, 3.8) is 0 Å². The van der Waals surface area contributed by atoms with Gasteiger partial charge in [0.25, 0.3) is 5.91 Å². The van der Waals surface area contributed by atoms with Gasteiger partial charge >= 0.3 is 5.97 Å². The molecule has 5 nitrogen and oxygen atoms in total. The average molecular weight is 390 g/mol. The molecule has 2 aromatic rings. The number of nitrogens with one attached hydrogen (secondary N) is 2. The Hall–Kier alpha value is -2.25. The molecule has 1 aliphatic carbocycles. The smallest absolute Gasteiger partial charge is 0.339 e. The first kappa shape index (κ1) is 19.5. The number of aryl methyl sites for hydroxylation is 1. The van der Waals surface area contributed by atoms with Gasteiger partial charge < -0.3 is 15.7 Å². The van der Waals surface area contributed by atoms with Crippen LogP contribution in [0.15, 0.2) is 18.2 Å². The summed E-state index contributed by atoms with van der Waals surface area (Å²) in [7, 11) is 1.71. The van der Waals surface area contributed by atoms with E-state index < -0.39 is 17.7 Å². The zero-order valence-electron chi connectivity index (χ0n) is 15.6. The summed E-state index contributed by atoms with van der Waals surface area (Å²) in [6, 6.07) is 4.45. The predicted molar refractivity (Wildman–Crippen MR) is 104 cm³/mol. The number of amides is 1. The molecule has 3 N–H and O–H groups in total. The van der Waals surface area contributed by atoms with E-state index in [0.717, 1.165) is 23.3 Å². The maximum absolute atomic E-state index is 14.3. The third-order valence-electron chi connectivity index (χ3n) is 4.91. The SMILES string of the molecule is CNCc1cccc(F)c1C(=O)Nc1sc2c(c1C(=O)O)CC(C)(C)CC2. The van der Waals surface area contributed by atoms with E-state index in [-0.39, 0.29) is 21.5 Å². The Morgan fingerprint density at radius 3 is 2.70 bits per heavy atom. The lowest BCUT2D eigenvalue weighted by Crippen LogP contribution is -2.23. The highest BCUT2D eigenvalue weighted by atomic mass is 32.1. The standard InChI is InChI=1S/C20H23FN2O3S/c1-20(2)8-7-14-12(9-20)16(19(25)26)18(27-14)23-17(24)15-11(10-22-3)5-4-6-13(15)21/h4-6,22H,7-10H2,1-3H3,(H,23,24)(H,25,26). The molecule has 0 spiro atoms. The number of hydrogen-bond donors (Lipinski definition) is 3. The lowest BCUT2D eigenvalue weighted by Gasteiger charge is -2.29. The molecule has 0 bridgehead atoms. The van der Waals surface area contributed by atoms with Crippen LogP contribution < -0.4 is 10.6 Å². The summed E-state index contributed by atoms with van der Waals surface area (Å²) in [6.07, 6.45) is 2.40. The van der Waals surface area contributed by atoms with Crippen LogP contribution in [0.25, 0.3) is 0 Å². The van der Waals surface area contributed by atoms with Crippen molar-refractivity contribution in [3.8, 4) is 0 Å². The third-order valence-corrected chi connectivity index (χ3v) is 6.12. The lowest BCUT2D eigenvalue weighted by atomic mass is 9.76. The summed E-state index contributed by atoms with van der Waals surface area (Å²) < 4.78 is 14.3. The van der Waals surface area contributed by atoms with Gasteiger partial charge in [-0.05, 0) is 48.9 Å². The van der Waals surface area contributed by atoms with E-state index in [0.29, 0.717) is 18.5 Å². The number of carbonyl (C=O) groups is 2. The minimum Gasteiger partial charge on any atom is -0.478 e. The number of hydrogen-bond acceptors (Lipinski definition) is 4. The van der Waals surface area contributed by atoms with Crippen LogP contribution in [-0.2, 0) is 19.4 Å². The highest BCUT2D eigenvalue weighted by Crippen LogP contribution is 2.44. The maximum Gasteiger partial charge on any atom is 0.339 e. The second kappa shape index (κ2) is 7.40. The molecular formula is C20H23FN2O3S. The molecule has 1 aromatic heterocycles. The largest absolute Gasteiger partial charge is 0.478 e. The minimum atomic E-state index is -1.07. The Balaban J connectivity index is 1.99. The monoisotopic (exact) mass is 390 g/mol. The number of thiophene rings is 1.